The smallest absolute Gasteiger partial charge is 0.391 e. The molecule has 1 fully saturated rings. The maximum Gasteiger partial charge on any atom is 0.391 e. The van der Waals surface area contributed by atoms with E-state index in [1.807, 2.05) is 12.1 Å². The molecule has 0 spiro atoms. The average Bonchev–Trinajstić information content (AvgIpc) is 2.47. The van der Waals surface area contributed by atoms with Crippen molar-refractivity contribution in [3.8, 4) is 5.75 Å². The lowest BCUT2D eigenvalue weighted by molar-refractivity contribution is -0.185. The molecule has 0 aliphatic heterocycles. The SMILES string of the molecule is COc1ccccc1NC1(CN)CCCC(C(F)(F)F)C1. The Labute approximate surface area is 122 Å². The number of rotatable bonds is 4. The van der Waals surface area contributed by atoms with Crippen LogP contribution in [-0.2, 0) is 0 Å². The standard InChI is InChI=1S/C15H21F3N2O/c1-21-13-7-3-2-6-12(13)20-14(10-19)8-4-5-11(9-14)15(16,17)18/h2-3,6-7,11,20H,4-5,8-10,19H2,1H3. The molecule has 0 amide bonds. The fraction of sp³-hybridized carbons (Fsp3) is 0.600. The van der Waals surface area contributed by atoms with Crippen LogP contribution in [0, 0.1) is 5.92 Å². The largest absolute Gasteiger partial charge is 0.495 e. The molecule has 3 nitrogen and oxygen atoms in total. The summed E-state index contributed by atoms with van der Waals surface area (Å²) >= 11 is 0. The van der Waals surface area contributed by atoms with Gasteiger partial charge in [-0.15, -0.1) is 0 Å². The molecule has 0 bridgehead atoms. The van der Waals surface area contributed by atoms with Gasteiger partial charge in [-0.25, -0.2) is 0 Å². The Balaban J connectivity index is 2.21. The van der Waals surface area contributed by atoms with Crippen molar-refractivity contribution in [3.63, 3.8) is 0 Å². The van der Waals surface area contributed by atoms with E-state index < -0.39 is 17.6 Å². The molecule has 3 N–H and O–H groups in total. The number of nitrogens with one attached hydrogen (secondary N) is 1. The Morgan fingerprint density at radius 2 is 2.10 bits per heavy atom. The third-order valence-corrected chi connectivity index (χ3v) is 4.21. The van der Waals surface area contributed by atoms with Crippen LogP contribution in [0.15, 0.2) is 24.3 Å². The second-order valence-electron chi connectivity index (χ2n) is 5.64. The van der Waals surface area contributed by atoms with Crippen LogP contribution in [0.2, 0.25) is 0 Å². The van der Waals surface area contributed by atoms with Crippen LogP contribution in [0.1, 0.15) is 25.7 Å². The van der Waals surface area contributed by atoms with Gasteiger partial charge in [-0.05, 0) is 31.4 Å². The van der Waals surface area contributed by atoms with E-state index in [0.717, 1.165) is 0 Å². The molecule has 0 aromatic heterocycles. The number of ether oxygens (including phenoxy) is 1. The summed E-state index contributed by atoms with van der Waals surface area (Å²) in [5, 5.41) is 3.22. The fourth-order valence-electron chi connectivity index (χ4n) is 3.03. The summed E-state index contributed by atoms with van der Waals surface area (Å²) in [5.74, 6) is -0.684. The zero-order valence-electron chi connectivity index (χ0n) is 12.0. The van der Waals surface area contributed by atoms with E-state index in [2.05, 4.69) is 5.32 Å². The molecule has 0 saturated heterocycles. The minimum atomic E-state index is -4.16. The Morgan fingerprint density at radius 1 is 1.38 bits per heavy atom. The fourth-order valence-corrected chi connectivity index (χ4v) is 3.03. The summed E-state index contributed by atoms with van der Waals surface area (Å²) in [7, 11) is 1.54. The number of hydrogen-bond donors (Lipinski definition) is 2. The lowest BCUT2D eigenvalue weighted by Gasteiger charge is -2.42. The molecule has 1 aliphatic carbocycles. The van der Waals surface area contributed by atoms with Crippen molar-refractivity contribution < 1.29 is 17.9 Å². The van der Waals surface area contributed by atoms with Gasteiger partial charge in [-0.1, -0.05) is 18.6 Å². The van der Waals surface area contributed by atoms with Crippen LogP contribution < -0.4 is 15.8 Å². The van der Waals surface area contributed by atoms with Gasteiger partial charge < -0.3 is 15.8 Å². The maximum atomic E-state index is 13.0. The Bertz CT molecular complexity index is 478. The number of halogens is 3. The molecule has 1 saturated carbocycles. The molecule has 2 rings (SSSR count). The average molecular weight is 302 g/mol. The highest BCUT2D eigenvalue weighted by Crippen LogP contribution is 2.43. The third-order valence-electron chi connectivity index (χ3n) is 4.21. The molecule has 1 aromatic rings. The first-order valence-electron chi connectivity index (χ1n) is 7.08. The van der Waals surface area contributed by atoms with Gasteiger partial charge in [0.05, 0.1) is 24.3 Å². The Morgan fingerprint density at radius 3 is 2.71 bits per heavy atom. The monoisotopic (exact) mass is 302 g/mol. The molecule has 2 unspecified atom stereocenters. The molecule has 2 atom stereocenters. The van der Waals surface area contributed by atoms with Crippen LogP contribution in [0.25, 0.3) is 0 Å². The van der Waals surface area contributed by atoms with E-state index in [4.69, 9.17) is 10.5 Å². The molecule has 0 heterocycles. The normalized spacial score (nSPS) is 26.4. The minimum absolute atomic E-state index is 0.00501. The number of benzene rings is 1. The second-order valence-corrected chi connectivity index (χ2v) is 5.64. The lowest BCUT2D eigenvalue weighted by Crippen LogP contribution is -2.51. The number of alkyl halides is 3. The van der Waals surface area contributed by atoms with E-state index in [0.29, 0.717) is 24.3 Å². The van der Waals surface area contributed by atoms with Gasteiger partial charge in [-0.3, -0.25) is 0 Å². The van der Waals surface area contributed by atoms with Gasteiger partial charge in [0.15, 0.2) is 0 Å². The van der Waals surface area contributed by atoms with Crippen LogP contribution >= 0.6 is 0 Å². The highest BCUT2D eigenvalue weighted by atomic mass is 19.4. The quantitative estimate of drug-likeness (QED) is 0.894. The van der Waals surface area contributed by atoms with Crippen LogP contribution in [0.4, 0.5) is 18.9 Å². The van der Waals surface area contributed by atoms with Gasteiger partial charge in [0.25, 0.3) is 0 Å². The number of methoxy groups -OCH3 is 1. The summed E-state index contributed by atoms with van der Waals surface area (Å²) in [4.78, 5) is 0. The van der Waals surface area contributed by atoms with Gasteiger partial charge in [-0.2, -0.15) is 13.2 Å². The molecular weight excluding hydrogens is 281 g/mol. The predicted octanol–water partition coefficient (Wildman–Crippen LogP) is 3.56. The van der Waals surface area contributed by atoms with Crippen molar-refractivity contribution in [1.29, 1.82) is 0 Å². The topological polar surface area (TPSA) is 47.3 Å². The van der Waals surface area contributed by atoms with Crippen molar-refractivity contribution in [1.82, 2.24) is 0 Å². The van der Waals surface area contributed by atoms with E-state index in [-0.39, 0.29) is 19.4 Å². The second kappa shape index (κ2) is 6.13. The maximum absolute atomic E-state index is 13.0. The van der Waals surface area contributed by atoms with Gasteiger partial charge in [0, 0.05) is 6.54 Å². The molecule has 0 radical (unpaired) electrons. The Hall–Kier alpha value is -1.43. The Kier molecular flexibility index (Phi) is 4.66. The summed E-state index contributed by atoms with van der Waals surface area (Å²) in [6.45, 7) is 0.164. The highest BCUT2D eigenvalue weighted by Gasteiger charge is 2.47. The van der Waals surface area contributed by atoms with E-state index in [1.54, 1.807) is 12.1 Å². The van der Waals surface area contributed by atoms with Gasteiger partial charge >= 0.3 is 6.18 Å². The van der Waals surface area contributed by atoms with Crippen molar-refractivity contribution in [3.05, 3.63) is 24.3 Å². The first-order valence-corrected chi connectivity index (χ1v) is 7.08. The third kappa shape index (κ3) is 3.61. The first kappa shape index (κ1) is 15.9. The van der Waals surface area contributed by atoms with Crippen molar-refractivity contribution in [2.75, 3.05) is 19.0 Å². The molecular formula is C15H21F3N2O. The zero-order chi connectivity index (χ0) is 15.5. The van der Waals surface area contributed by atoms with E-state index in [9.17, 15) is 13.2 Å². The molecule has 1 aromatic carbocycles. The van der Waals surface area contributed by atoms with E-state index in [1.165, 1.54) is 7.11 Å². The highest BCUT2D eigenvalue weighted by molar-refractivity contribution is 5.57. The predicted molar refractivity (Wildman–Crippen MR) is 76.4 cm³/mol. The summed E-state index contributed by atoms with van der Waals surface area (Å²) in [5.41, 5.74) is 5.77. The van der Waals surface area contributed by atoms with Crippen molar-refractivity contribution in [2.45, 2.75) is 37.4 Å². The first-order chi connectivity index (χ1) is 9.90. The van der Waals surface area contributed by atoms with Crippen LogP contribution in [-0.4, -0.2) is 25.4 Å². The summed E-state index contributed by atoms with van der Waals surface area (Å²) in [6, 6.07) is 7.21. The van der Waals surface area contributed by atoms with Gasteiger partial charge in [0.2, 0.25) is 0 Å². The zero-order valence-corrected chi connectivity index (χ0v) is 12.0. The lowest BCUT2D eigenvalue weighted by atomic mass is 9.75. The number of para-hydroxylation sites is 2. The van der Waals surface area contributed by atoms with E-state index >= 15 is 0 Å². The molecule has 21 heavy (non-hydrogen) atoms. The van der Waals surface area contributed by atoms with Crippen molar-refractivity contribution in [2.24, 2.45) is 11.7 Å². The molecule has 118 valence electrons. The van der Waals surface area contributed by atoms with Crippen LogP contribution in [0.3, 0.4) is 0 Å². The van der Waals surface area contributed by atoms with Gasteiger partial charge in [0.1, 0.15) is 5.75 Å². The minimum Gasteiger partial charge on any atom is -0.495 e. The summed E-state index contributed by atoms with van der Waals surface area (Å²) in [6.07, 6.45) is -2.83. The molecule has 6 heteroatoms. The summed E-state index contributed by atoms with van der Waals surface area (Å²) < 4.78 is 44.3. The number of hydrogen-bond acceptors (Lipinski definition) is 3. The van der Waals surface area contributed by atoms with Crippen LogP contribution in [0.5, 0.6) is 5.75 Å². The van der Waals surface area contributed by atoms with Crippen molar-refractivity contribution >= 4 is 5.69 Å². The number of anilines is 1. The number of nitrogens with two attached hydrogens (primary N) is 1. The molecule has 1 aliphatic rings.